The number of aryl methyl sites for hydroxylation is 1. The lowest BCUT2D eigenvalue weighted by Crippen LogP contribution is -2.26. The van der Waals surface area contributed by atoms with Crippen LogP contribution in [0.3, 0.4) is 0 Å². The van der Waals surface area contributed by atoms with Crippen LogP contribution in [0.2, 0.25) is 0 Å². The van der Waals surface area contributed by atoms with Gasteiger partial charge in [-0.05, 0) is 56.0 Å². The Bertz CT molecular complexity index is 498. The van der Waals surface area contributed by atoms with Crippen molar-refractivity contribution >= 4 is 21.6 Å². The van der Waals surface area contributed by atoms with Gasteiger partial charge < -0.3 is 5.32 Å². The Morgan fingerprint density at radius 2 is 2.12 bits per heavy atom. The van der Waals surface area contributed by atoms with Crippen LogP contribution < -0.4 is 5.32 Å². The van der Waals surface area contributed by atoms with Gasteiger partial charge in [-0.2, -0.15) is 4.37 Å². The van der Waals surface area contributed by atoms with E-state index in [0.29, 0.717) is 5.92 Å². The van der Waals surface area contributed by atoms with Gasteiger partial charge in [-0.15, -0.1) is 0 Å². The Balaban J connectivity index is 2.09. The van der Waals surface area contributed by atoms with Crippen molar-refractivity contribution in [3.05, 3.63) is 29.5 Å². The van der Waals surface area contributed by atoms with Gasteiger partial charge in [0.15, 0.2) is 0 Å². The second-order valence-electron chi connectivity index (χ2n) is 4.54. The zero-order valence-corrected chi connectivity index (χ0v) is 10.3. The van der Waals surface area contributed by atoms with E-state index < -0.39 is 0 Å². The van der Waals surface area contributed by atoms with Gasteiger partial charge in [-0.3, -0.25) is 0 Å². The fourth-order valence-corrected chi connectivity index (χ4v) is 3.50. The van der Waals surface area contributed by atoms with E-state index in [4.69, 9.17) is 4.37 Å². The number of hydrogen-bond acceptors (Lipinski definition) is 3. The molecule has 1 aromatic carbocycles. The summed E-state index contributed by atoms with van der Waals surface area (Å²) >= 11 is 1.65. The summed E-state index contributed by atoms with van der Waals surface area (Å²) < 4.78 is 6.03. The summed E-state index contributed by atoms with van der Waals surface area (Å²) in [5, 5.41) is 4.83. The van der Waals surface area contributed by atoms with Crippen LogP contribution in [0, 0.1) is 6.92 Å². The average Bonchev–Trinajstić information content (AvgIpc) is 2.75. The maximum Gasteiger partial charge on any atom is 0.0655 e. The average molecular weight is 232 g/mol. The van der Waals surface area contributed by atoms with Crippen LogP contribution in [0.4, 0.5) is 0 Å². The topological polar surface area (TPSA) is 24.9 Å². The maximum absolute atomic E-state index is 4.69. The molecule has 1 fully saturated rings. The molecule has 2 heterocycles. The third-order valence-electron chi connectivity index (χ3n) is 3.46. The van der Waals surface area contributed by atoms with Gasteiger partial charge in [-0.1, -0.05) is 12.1 Å². The molecule has 0 radical (unpaired) electrons. The van der Waals surface area contributed by atoms with Crippen LogP contribution >= 0.6 is 11.5 Å². The number of nitrogens with zero attached hydrogens (tertiary/aromatic N) is 1. The predicted octanol–water partition coefficient (Wildman–Crippen LogP) is 3.07. The van der Waals surface area contributed by atoms with Crippen molar-refractivity contribution in [2.75, 3.05) is 13.1 Å². The molecule has 1 aromatic heterocycles. The summed E-state index contributed by atoms with van der Waals surface area (Å²) in [6.45, 7) is 4.46. The lowest BCUT2D eigenvalue weighted by molar-refractivity contribution is 0.457. The van der Waals surface area contributed by atoms with E-state index >= 15 is 0 Å². The molecule has 0 amide bonds. The molecule has 2 nitrogen and oxygen atoms in total. The predicted molar refractivity (Wildman–Crippen MR) is 69.2 cm³/mol. The van der Waals surface area contributed by atoms with Gasteiger partial charge in [0.25, 0.3) is 0 Å². The first-order valence-electron chi connectivity index (χ1n) is 5.92. The highest BCUT2D eigenvalue weighted by Crippen LogP contribution is 2.34. The normalized spacial score (nSPS) is 18.1. The summed E-state index contributed by atoms with van der Waals surface area (Å²) in [6, 6.07) is 6.51. The number of piperidine rings is 1. The largest absolute Gasteiger partial charge is 0.317 e. The van der Waals surface area contributed by atoms with Crippen molar-refractivity contribution in [2.45, 2.75) is 25.7 Å². The van der Waals surface area contributed by atoms with E-state index in [1.807, 2.05) is 0 Å². The number of hydrogen-bond donors (Lipinski definition) is 1. The molecule has 1 saturated heterocycles. The zero-order valence-electron chi connectivity index (χ0n) is 9.49. The monoisotopic (exact) mass is 232 g/mol. The van der Waals surface area contributed by atoms with Crippen LogP contribution in [-0.2, 0) is 0 Å². The SMILES string of the molecule is Cc1cccc2snc(C3CCNCC3)c12. The van der Waals surface area contributed by atoms with E-state index in [0.717, 1.165) is 13.1 Å². The molecule has 0 aliphatic carbocycles. The molecule has 0 saturated carbocycles. The number of aromatic nitrogens is 1. The second-order valence-corrected chi connectivity index (χ2v) is 5.35. The number of fused-ring (bicyclic) bond motifs is 1. The van der Waals surface area contributed by atoms with Gasteiger partial charge in [-0.25, -0.2) is 0 Å². The van der Waals surface area contributed by atoms with Crippen molar-refractivity contribution < 1.29 is 0 Å². The molecule has 3 rings (SSSR count). The Morgan fingerprint density at radius 1 is 1.31 bits per heavy atom. The molecule has 16 heavy (non-hydrogen) atoms. The third kappa shape index (κ3) is 1.64. The highest BCUT2D eigenvalue weighted by molar-refractivity contribution is 7.13. The van der Waals surface area contributed by atoms with Gasteiger partial charge >= 0.3 is 0 Å². The van der Waals surface area contributed by atoms with E-state index in [1.165, 1.54) is 34.2 Å². The highest BCUT2D eigenvalue weighted by atomic mass is 32.1. The van der Waals surface area contributed by atoms with Crippen LogP contribution in [0.5, 0.6) is 0 Å². The molecule has 1 aliphatic rings. The first-order valence-corrected chi connectivity index (χ1v) is 6.69. The Morgan fingerprint density at radius 3 is 2.94 bits per heavy atom. The number of rotatable bonds is 1. The number of benzene rings is 1. The fourth-order valence-electron chi connectivity index (χ4n) is 2.56. The summed E-state index contributed by atoms with van der Waals surface area (Å²) in [5.41, 5.74) is 2.72. The molecular formula is C13H16N2S. The van der Waals surface area contributed by atoms with Crippen molar-refractivity contribution in [2.24, 2.45) is 0 Å². The summed E-state index contributed by atoms with van der Waals surface area (Å²) in [6.07, 6.45) is 2.46. The Labute approximate surface area is 99.8 Å². The van der Waals surface area contributed by atoms with Crippen LogP contribution in [0.25, 0.3) is 10.1 Å². The summed E-state index contributed by atoms with van der Waals surface area (Å²) in [7, 11) is 0. The fraction of sp³-hybridized carbons (Fsp3) is 0.462. The molecule has 0 unspecified atom stereocenters. The van der Waals surface area contributed by atoms with Crippen molar-refractivity contribution in [3.8, 4) is 0 Å². The van der Waals surface area contributed by atoms with Crippen LogP contribution in [-0.4, -0.2) is 17.5 Å². The molecule has 3 heteroatoms. The Kier molecular flexibility index (Phi) is 2.65. The highest BCUT2D eigenvalue weighted by Gasteiger charge is 2.20. The van der Waals surface area contributed by atoms with E-state index in [9.17, 15) is 0 Å². The van der Waals surface area contributed by atoms with Gasteiger partial charge in [0.05, 0.1) is 10.4 Å². The summed E-state index contributed by atoms with van der Waals surface area (Å²) in [4.78, 5) is 0. The first-order chi connectivity index (χ1) is 7.86. The summed E-state index contributed by atoms with van der Waals surface area (Å²) in [5.74, 6) is 0.663. The zero-order chi connectivity index (χ0) is 11.0. The van der Waals surface area contributed by atoms with Gasteiger partial charge in [0.2, 0.25) is 0 Å². The second kappa shape index (κ2) is 4.15. The van der Waals surface area contributed by atoms with Crippen molar-refractivity contribution in [1.29, 1.82) is 0 Å². The maximum atomic E-state index is 4.69. The van der Waals surface area contributed by atoms with E-state index in [2.05, 4.69) is 30.4 Å². The first kappa shape index (κ1) is 10.2. The molecule has 0 spiro atoms. The standard InChI is InChI=1S/C13H16N2S/c1-9-3-2-4-11-12(9)13(15-16-11)10-5-7-14-8-6-10/h2-4,10,14H,5-8H2,1H3. The van der Waals surface area contributed by atoms with E-state index in [-0.39, 0.29) is 0 Å². The number of nitrogens with one attached hydrogen (secondary N) is 1. The molecule has 1 aliphatic heterocycles. The van der Waals surface area contributed by atoms with E-state index in [1.54, 1.807) is 11.5 Å². The quantitative estimate of drug-likeness (QED) is 0.817. The molecule has 2 aromatic rings. The minimum atomic E-state index is 0.663. The van der Waals surface area contributed by atoms with Gasteiger partial charge in [0.1, 0.15) is 0 Å². The lowest BCUT2D eigenvalue weighted by atomic mass is 9.91. The minimum Gasteiger partial charge on any atom is -0.317 e. The smallest absolute Gasteiger partial charge is 0.0655 e. The van der Waals surface area contributed by atoms with Crippen LogP contribution in [0.15, 0.2) is 18.2 Å². The van der Waals surface area contributed by atoms with Gasteiger partial charge in [0, 0.05) is 11.3 Å². The molecule has 0 atom stereocenters. The molecule has 0 bridgehead atoms. The Hall–Kier alpha value is -0.930. The van der Waals surface area contributed by atoms with Crippen LogP contribution in [0.1, 0.15) is 30.0 Å². The van der Waals surface area contributed by atoms with Crippen molar-refractivity contribution in [3.63, 3.8) is 0 Å². The molecular weight excluding hydrogens is 216 g/mol. The lowest BCUT2D eigenvalue weighted by Gasteiger charge is -2.21. The third-order valence-corrected chi connectivity index (χ3v) is 4.28. The molecule has 1 N–H and O–H groups in total. The minimum absolute atomic E-state index is 0.663. The molecule has 84 valence electrons. The van der Waals surface area contributed by atoms with Crippen molar-refractivity contribution in [1.82, 2.24) is 9.69 Å².